The molecule has 2 heteroatoms. The summed E-state index contributed by atoms with van der Waals surface area (Å²) in [4.78, 5) is 11.7. The highest BCUT2D eigenvalue weighted by molar-refractivity contribution is 5.82. The van der Waals surface area contributed by atoms with E-state index in [9.17, 15) is 4.79 Å². The molecule has 0 aromatic heterocycles. The summed E-state index contributed by atoms with van der Waals surface area (Å²) >= 11 is 0. The summed E-state index contributed by atoms with van der Waals surface area (Å²) in [6, 6.07) is 0. The molecule has 0 aliphatic heterocycles. The number of carbonyl (C=O) groups excluding carboxylic acids is 1. The summed E-state index contributed by atoms with van der Waals surface area (Å²) in [5.74, 6) is 1.74. The Hall–Kier alpha value is -0.530. The van der Waals surface area contributed by atoms with Gasteiger partial charge in [0.25, 0.3) is 0 Å². The average molecular weight is 183 g/mol. The normalized spacial score (nSPS) is 32.8. The van der Waals surface area contributed by atoms with Crippen molar-refractivity contribution in [2.45, 2.75) is 46.6 Å². The smallest absolute Gasteiger partial charge is 0.224 e. The molecule has 0 aromatic carbocycles. The van der Waals surface area contributed by atoms with Gasteiger partial charge in [-0.3, -0.25) is 4.79 Å². The van der Waals surface area contributed by atoms with Crippen LogP contribution in [0.15, 0.2) is 0 Å². The lowest BCUT2D eigenvalue weighted by Crippen LogP contribution is -2.41. The zero-order chi connectivity index (χ0) is 10.2. The van der Waals surface area contributed by atoms with Crippen LogP contribution in [-0.4, -0.2) is 11.4 Å². The largest absolute Gasteiger partial charge is 0.351 e. The van der Waals surface area contributed by atoms with Crippen LogP contribution in [0.1, 0.15) is 41.0 Å². The highest BCUT2D eigenvalue weighted by Gasteiger charge is 2.50. The van der Waals surface area contributed by atoms with Crippen LogP contribution < -0.4 is 5.32 Å². The van der Waals surface area contributed by atoms with Crippen molar-refractivity contribution in [3.05, 3.63) is 0 Å². The molecule has 1 rings (SSSR count). The Morgan fingerprint density at radius 2 is 1.92 bits per heavy atom. The van der Waals surface area contributed by atoms with Crippen LogP contribution in [0.25, 0.3) is 0 Å². The molecule has 0 radical (unpaired) electrons. The third kappa shape index (κ3) is 2.45. The first kappa shape index (κ1) is 10.6. The lowest BCUT2D eigenvalue weighted by Gasteiger charge is -2.20. The maximum Gasteiger partial charge on any atom is 0.224 e. The first-order chi connectivity index (χ1) is 5.87. The Labute approximate surface area is 81.1 Å². The van der Waals surface area contributed by atoms with Gasteiger partial charge in [-0.2, -0.15) is 0 Å². The monoisotopic (exact) mass is 183 g/mol. The van der Waals surface area contributed by atoms with Gasteiger partial charge in [0, 0.05) is 11.5 Å². The molecular formula is C11H21NO. The molecule has 0 unspecified atom stereocenters. The van der Waals surface area contributed by atoms with Gasteiger partial charge in [0.2, 0.25) is 5.91 Å². The highest BCUT2D eigenvalue weighted by atomic mass is 16.2. The molecule has 2 nitrogen and oxygen atoms in total. The molecule has 3 atom stereocenters. The first-order valence-corrected chi connectivity index (χ1v) is 5.19. The van der Waals surface area contributed by atoms with Crippen LogP contribution in [0.4, 0.5) is 0 Å². The van der Waals surface area contributed by atoms with E-state index in [1.54, 1.807) is 0 Å². The molecule has 1 saturated carbocycles. The molecule has 1 aliphatic carbocycles. The minimum Gasteiger partial charge on any atom is -0.351 e. The van der Waals surface area contributed by atoms with E-state index in [0.29, 0.717) is 11.8 Å². The van der Waals surface area contributed by atoms with E-state index in [0.717, 1.165) is 6.42 Å². The van der Waals surface area contributed by atoms with E-state index in [4.69, 9.17) is 0 Å². The van der Waals surface area contributed by atoms with Crippen LogP contribution in [0.3, 0.4) is 0 Å². The van der Waals surface area contributed by atoms with Crippen molar-refractivity contribution >= 4 is 5.91 Å². The SMILES string of the molecule is CC[C@H]1[C@H](C)[C@@H]1C(=O)NC(C)(C)C. The van der Waals surface area contributed by atoms with Gasteiger partial charge < -0.3 is 5.32 Å². The van der Waals surface area contributed by atoms with E-state index in [2.05, 4.69) is 19.2 Å². The lowest BCUT2D eigenvalue weighted by atomic mass is 10.1. The predicted octanol–water partition coefficient (Wildman–Crippen LogP) is 2.19. The van der Waals surface area contributed by atoms with Gasteiger partial charge in [0.1, 0.15) is 0 Å². The topological polar surface area (TPSA) is 29.1 Å². The Morgan fingerprint density at radius 1 is 1.38 bits per heavy atom. The van der Waals surface area contributed by atoms with Gasteiger partial charge >= 0.3 is 0 Å². The summed E-state index contributed by atoms with van der Waals surface area (Å²) in [6.07, 6.45) is 1.13. The summed E-state index contributed by atoms with van der Waals surface area (Å²) in [6.45, 7) is 10.4. The zero-order valence-corrected chi connectivity index (χ0v) is 9.35. The molecule has 0 heterocycles. The minimum absolute atomic E-state index is 0.0856. The maximum atomic E-state index is 11.7. The number of amides is 1. The van der Waals surface area contributed by atoms with Crippen LogP contribution >= 0.6 is 0 Å². The van der Waals surface area contributed by atoms with Gasteiger partial charge in [0.15, 0.2) is 0 Å². The quantitative estimate of drug-likeness (QED) is 0.698. The molecule has 76 valence electrons. The highest BCUT2D eigenvalue weighted by Crippen LogP contribution is 2.48. The van der Waals surface area contributed by atoms with Crippen LogP contribution in [0, 0.1) is 17.8 Å². The number of rotatable bonds is 2. The van der Waals surface area contributed by atoms with Crippen molar-refractivity contribution in [1.29, 1.82) is 0 Å². The Kier molecular flexibility index (Phi) is 2.69. The van der Waals surface area contributed by atoms with Crippen LogP contribution in [0.2, 0.25) is 0 Å². The molecule has 1 amide bonds. The van der Waals surface area contributed by atoms with E-state index in [-0.39, 0.29) is 17.4 Å². The summed E-state index contributed by atoms with van der Waals surface area (Å²) in [5.41, 5.74) is -0.0856. The number of hydrogen-bond donors (Lipinski definition) is 1. The first-order valence-electron chi connectivity index (χ1n) is 5.19. The molecule has 0 bridgehead atoms. The van der Waals surface area contributed by atoms with Gasteiger partial charge in [-0.25, -0.2) is 0 Å². The maximum absolute atomic E-state index is 11.7. The molecular weight excluding hydrogens is 162 g/mol. The zero-order valence-electron chi connectivity index (χ0n) is 9.35. The van der Waals surface area contributed by atoms with Gasteiger partial charge in [0.05, 0.1) is 0 Å². The van der Waals surface area contributed by atoms with Crippen molar-refractivity contribution in [3.8, 4) is 0 Å². The minimum atomic E-state index is -0.0856. The van der Waals surface area contributed by atoms with Gasteiger partial charge in [-0.15, -0.1) is 0 Å². The van der Waals surface area contributed by atoms with E-state index >= 15 is 0 Å². The second-order valence-electron chi connectivity index (χ2n) is 5.20. The standard InChI is InChI=1S/C11H21NO/c1-6-8-7(2)9(8)10(13)12-11(3,4)5/h7-9H,6H2,1-5H3,(H,12,13)/t7-,8-,9-/m0/s1. The molecule has 1 N–H and O–H groups in total. The lowest BCUT2D eigenvalue weighted by molar-refractivity contribution is -0.124. The van der Waals surface area contributed by atoms with Crippen molar-refractivity contribution in [2.24, 2.45) is 17.8 Å². The molecule has 1 fully saturated rings. The molecule has 1 aliphatic rings. The molecule has 0 aromatic rings. The van der Waals surface area contributed by atoms with Crippen LogP contribution in [0.5, 0.6) is 0 Å². The third-order valence-electron chi connectivity index (χ3n) is 2.83. The second kappa shape index (κ2) is 3.32. The van der Waals surface area contributed by atoms with Crippen molar-refractivity contribution in [2.75, 3.05) is 0 Å². The van der Waals surface area contributed by atoms with Crippen molar-refractivity contribution in [3.63, 3.8) is 0 Å². The third-order valence-corrected chi connectivity index (χ3v) is 2.83. The summed E-state index contributed by atoms with van der Waals surface area (Å²) < 4.78 is 0. The fourth-order valence-electron chi connectivity index (χ4n) is 2.06. The predicted molar refractivity (Wildman–Crippen MR) is 54.3 cm³/mol. The fraction of sp³-hybridized carbons (Fsp3) is 0.909. The van der Waals surface area contributed by atoms with E-state index in [1.165, 1.54) is 0 Å². The Bertz CT molecular complexity index is 205. The van der Waals surface area contributed by atoms with Crippen molar-refractivity contribution in [1.82, 2.24) is 5.32 Å². The van der Waals surface area contributed by atoms with Gasteiger partial charge in [-0.05, 0) is 32.6 Å². The second-order valence-corrected chi connectivity index (χ2v) is 5.20. The molecule has 13 heavy (non-hydrogen) atoms. The average Bonchev–Trinajstić information content (AvgIpc) is 2.57. The van der Waals surface area contributed by atoms with Gasteiger partial charge in [-0.1, -0.05) is 20.3 Å². The number of nitrogens with one attached hydrogen (secondary N) is 1. The molecule has 0 spiro atoms. The van der Waals surface area contributed by atoms with E-state index in [1.807, 2.05) is 20.8 Å². The van der Waals surface area contributed by atoms with Crippen LogP contribution in [-0.2, 0) is 4.79 Å². The Balaban J connectivity index is 2.43. The number of hydrogen-bond acceptors (Lipinski definition) is 1. The molecule has 0 saturated heterocycles. The summed E-state index contributed by atoms with van der Waals surface area (Å²) in [7, 11) is 0. The van der Waals surface area contributed by atoms with E-state index < -0.39 is 0 Å². The van der Waals surface area contributed by atoms with Crippen molar-refractivity contribution < 1.29 is 4.79 Å². The number of carbonyl (C=O) groups is 1. The Morgan fingerprint density at radius 3 is 2.23 bits per heavy atom. The fourth-order valence-corrected chi connectivity index (χ4v) is 2.06. The summed E-state index contributed by atoms with van der Waals surface area (Å²) in [5, 5.41) is 3.04.